The summed E-state index contributed by atoms with van der Waals surface area (Å²) in [4.78, 5) is 7.15. The zero-order valence-corrected chi connectivity index (χ0v) is 12.2. The highest BCUT2D eigenvalue weighted by Gasteiger charge is 2.09. The first-order valence-corrected chi connectivity index (χ1v) is 7.65. The topological polar surface area (TPSA) is 28.2 Å². The minimum atomic E-state index is 1.01. The smallest absolute Gasteiger partial charge is 0.0725 e. The molecule has 3 nitrogen and oxygen atoms in total. The van der Waals surface area contributed by atoms with Crippen molar-refractivity contribution in [1.82, 2.24) is 9.88 Å². The number of fused-ring (bicyclic) bond motifs is 1. The fourth-order valence-electron chi connectivity index (χ4n) is 2.99. The van der Waals surface area contributed by atoms with Crippen LogP contribution in [0.5, 0.6) is 0 Å². The first-order chi connectivity index (χ1) is 9.83. The molecule has 0 atom stereocenters. The molecule has 106 valence electrons. The number of nitrogens with zero attached hydrogens (tertiary/aromatic N) is 2. The second kappa shape index (κ2) is 6.23. The third-order valence-electron chi connectivity index (χ3n) is 4.04. The number of anilines is 1. The average molecular weight is 269 g/mol. The van der Waals surface area contributed by atoms with E-state index < -0.39 is 0 Å². The van der Waals surface area contributed by atoms with E-state index >= 15 is 0 Å². The summed E-state index contributed by atoms with van der Waals surface area (Å²) in [6, 6.07) is 10.5. The molecule has 0 aliphatic carbocycles. The minimum absolute atomic E-state index is 1.01. The Hall–Kier alpha value is -1.61. The Morgan fingerprint density at radius 2 is 1.95 bits per heavy atom. The van der Waals surface area contributed by atoms with Crippen LogP contribution in [0.25, 0.3) is 10.9 Å². The highest BCUT2D eigenvalue weighted by Crippen LogP contribution is 2.22. The number of likely N-dealkylation sites (tertiary alicyclic amines) is 1. The number of nitrogens with one attached hydrogen (secondary N) is 1. The lowest BCUT2D eigenvalue weighted by molar-refractivity contribution is 0.237. The Bertz CT molecular complexity index is 573. The first kappa shape index (κ1) is 13.4. The van der Waals surface area contributed by atoms with Crippen molar-refractivity contribution < 1.29 is 0 Å². The van der Waals surface area contributed by atoms with Gasteiger partial charge < -0.3 is 10.2 Å². The Kier molecular flexibility index (Phi) is 4.16. The molecule has 1 saturated heterocycles. The molecule has 0 bridgehead atoms. The molecule has 3 rings (SSSR count). The molecule has 1 aliphatic heterocycles. The number of para-hydroxylation sites is 1. The van der Waals surface area contributed by atoms with Crippen LogP contribution in [-0.2, 0) is 0 Å². The number of aromatic nitrogens is 1. The molecule has 1 fully saturated rings. The molecule has 3 heteroatoms. The summed E-state index contributed by atoms with van der Waals surface area (Å²) in [5.74, 6) is 0. The van der Waals surface area contributed by atoms with Gasteiger partial charge in [0.2, 0.25) is 0 Å². The van der Waals surface area contributed by atoms with Crippen LogP contribution in [0.4, 0.5) is 5.69 Å². The fourth-order valence-corrected chi connectivity index (χ4v) is 2.99. The van der Waals surface area contributed by atoms with Crippen molar-refractivity contribution in [3.8, 4) is 0 Å². The molecule has 1 N–H and O–H groups in total. The Labute approximate surface area is 121 Å². The predicted molar refractivity (Wildman–Crippen MR) is 85.3 cm³/mol. The van der Waals surface area contributed by atoms with Gasteiger partial charge in [-0.05, 0) is 45.0 Å². The molecule has 2 aromatic rings. The molecule has 20 heavy (non-hydrogen) atoms. The van der Waals surface area contributed by atoms with Gasteiger partial charge in [-0.2, -0.15) is 0 Å². The van der Waals surface area contributed by atoms with E-state index in [1.807, 2.05) is 6.07 Å². The number of aryl methyl sites for hydroxylation is 1. The van der Waals surface area contributed by atoms with E-state index in [0.29, 0.717) is 0 Å². The van der Waals surface area contributed by atoms with Crippen molar-refractivity contribution in [3.05, 3.63) is 36.0 Å². The summed E-state index contributed by atoms with van der Waals surface area (Å²) >= 11 is 0. The van der Waals surface area contributed by atoms with Crippen molar-refractivity contribution in [3.63, 3.8) is 0 Å². The van der Waals surface area contributed by atoms with Gasteiger partial charge in [-0.1, -0.05) is 24.6 Å². The van der Waals surface area contributed by atoms with Crippen molar-refractivity contribution >= 4 is 16.6 Å². The maximum atomic E-state index is 4.58. The number of rotatable bonds is 4. The van der Waals surface area contributed by atoms with Crippen LogP contribution in [0.3, 0.4) is 0 Å². The van der Waals surface area contributed by atoms with E-state index in [-0.39, 0.29) is 0 Å². The van der Waals surface area contributed by atoms with Crippen LogP contribution >= 0.6 is 0 Å². The summed E-state index contributed by atoms with van der Waals surface area (Å²) in [6.45, 7) is 6.72. The second-order valence-electron chi connectivity index (χ2n) is 5.66. The van der Waals surface area contributed by atoms with Gasteiger partial charge in [-0.25, -0.2) is 0 Å². The summed E-state index contributed by atoms with van der Waals surface area (Å²) in [7, 11) is 0. The van der Waals surface area contributed by atoms with Crippen LogP contribution in [-0.4, -0.2) is 36.1 Å². The lowest BCUT2D eigenvalue weighted by Gasteiger charge is -2.26. The van der Waals surface area contributed by atoms with Crippen LogP contribution in [0.2, 0.25) is 0 Å². The summed E-state index contributed by atoms with van der Waals surface area (Å²) in [6.07, 6.45) is 4.12. The lowest BCUT2D eigenvalue weighted by atomic mass is 10.1. The van der Waals surface area contributed by atoms with Gasteiger partial charge in [0.15, 0.2) is 0 Å². The summed E-state index contributed by atoms with van der Waals surface area (Å²) in [5.41, 5.74) is 3.36. The van der Waals surface area contributed by atoms with Crippen LogP contribution in [0.1, 0.15) is 25.0 Å². The van der Waals surface area contributed by atoms with E-state index in [2.05, 4.69) is 46.4 Å². The average Bonchev–Trinajstić information content (AvgIpc) is 2.48. The zero-order valence-electron chi connectivity index (χ0n) is 12.2. The van der Waals surface area contributed by atoms with E-state index in [9.17, 15) is 0 Å². The molecule has 2 heterocycles. The maximum Gasteiger partial charge on any atom is 0.0725 e. The molecule has 0 spiro atoms. The molecule has 0 radical (unpaired) electrons. The third-order valence-corrected chi connectivity index (χ3v) is 4.04. The number of hydrogen-bond donors (Lipinski definition) is 1. The zero-order chi connectivity index (χ0) is 13.8. The fraction of sp³-hybridized carbons (Fsp3) is 0.471. The molecule has 1 aromatic heterocycles. The SMILES string of the molecule is Cc1cc(NCCN2CCCCC2)c2ccccc2n1. The van der Waals surface area contributed by atoms with Crippen LogP contribution in [0, 0.1) is 6.92 Å². The molecule has 0 unspecified atom stereocenters. The molecule has 0 amide bonds. The molecular weight excluding hydrogens is 246 g/mol. The van der Waals surface area contributed by atoms with E-state index in [0.717, 1.165) is 24.3 Å². The molecule has 0 saturated carbocycles. The Balaban J connectivity index is 1.67. The number of benzene rings is 1. The molecule has 1 aliphatic rings. The van der Waals surface area contributed by atoms with E-state index in [1.165, 1.54) is 43.4 Å². The highest BCUT2D eigenvalue weighted by molar-refractivity contribution is 5.91. The summed E-state index contributed by atoms with van der Waals surface area (Å²) < 4.78 is 0. The lowest BCUT2D eigenvalue weighted by Crippen LogP contribution is -2.33. The van der Waals surface area contributed by atoms with Crippen molar-refractivity contribution in [2.75, 3.05) is 31.5 Å². The van der Waals surface area contributed by atoms with Gasteiger partial charge >= 0.3 is 0 Å². The number of pyridine rings is 1. The second-order valence-corrected chi connectivity index (χ2v) is 5.66. The van der Waals surface area contributed by atoms with E-state index in [4.69, 9.17) is 0 Å². The summed E-state index contributed by atoms with van der Waals surface area (Å²) in [5, 5.41) is 4.81. The quantitative estimate of drug-likeness (QED) is 0.921. The molecule has 1 aromatic carbocycles. The van der Waals surface area contributed by atoms with Crippen molar-refractivity contribution in [1.29, 1.82) is 0 Å². The standard InChI is InChI=1S/C17H23N3/c1-14-13-17(15-7-3-4-8-16(15)19-14)18-9-12-20-10-5-2-6-11-20/h3-4,7-8,13H,2,5-6,9-12H2,1H3,(H,18,19). The third kappa shape index (κ3) is 3.10. The number of hydrogen-bond acceptors (Lipinski definition) is 3. The van der Waals surface area contributed by atoms with Gasteiger partial charge in [-0.15, -0.1) is 0 Å². The van der Waals surface area contributed by atoms with Gasteiger partial charge in [0.05, 0.1) is 5.52 Å². The predicted octanol–water partition coefficient (Wildman–Crippen LogP) is 3.44. The van der Waals surface area contributed by atoms with Crippen molar-refractivity contribution in [2.45, 2.75) is 26.2 Å². The van der Waals surface area contributed by atoms with E-state index in [1.54, 1.807) is 0 Å². The van der Waals surface area contributed by atoms with Gasteiger partial charge in [0, 0.05) is 29.9 Å². The van der Waals surface area contributed by atoms with Gasteiger partial charge in [-0.3, -0.25) is 4.98 Å². The first-order valence-electron chi connectivity index (χ1n) is 7.65. The van der Waals surface area contributed by atoms with Crippen molar-refractivity contribution in [2.24, 2.45) is 0 Å². The Morgan fingerprint density at radius 1 is 1.15 bits per heavy atom. The van der Waals surface area contributed by atoms with Crippen LogP contribution < -0.4 is 5.32 Å². The largest absolute Gasteiger partial charge is 0.383 e. The van der Waals surface area contributed by atoms with Gasteiger partial charge in [0.25, 0.3) is 0 Å². The van der Waals surface area contributed by atoms with Crippen LogP contribution in [0.15, 0.2) is 30.3 Å². The highest BCUT2D eigenvalue weighted by atomic mass is 15.1. The number of piperidine rings is 1. The monoisotopic (exact) mass is 269 g/mol. The molecular formula is C17H23N3. The Morgan fingerprint density at radius 3 is 2.80 bits per heavy atom. The normalized spacial score (nSPS) is 16.4. The minimum Gasteiger partial charge on any atom is -0.383 e. The maximum absolute atomic E-state index is 4.58. The van der Waals surface area contributed by atoms with Gasteiger partial charge in [0.1, 0.15) is 0 Å².